The summed E-state index contributed by atoms with van der Waals surface area (Å²) >= 11 is 0. The van der Waals surface area contributed by atoms with E-state index < -0.39 is 11.7 Å². The third kappa shape index (κ3) is 8.08. The maximum atomic E-state index is 13.6. The van der Waals surface area contributed by atoms with Crippen LogP contribution in [-0.2, 0) is 24.1 Å². The number of piperidine rings is 1. The number of nitrogens with zero attached hydrogens (tertiary/aromatic N) is 5. The van der Waals surface area contributed by atoms with Gasteiger partial charge in [-0.05, 0) is 78.6 Å². The predicted molar refractivity (Wildman–Crippen MR) is 162 cm³/mol. The standard InChI is InChI=1S/C34H34F3N5O/c1-40(31-15-20-38-21-16-31)30-12-7-27(8-13-30)24-42(32-17-22-41(23-18-32)25-29-4-2-3-19-39-29)33(43)14-9-26-5-10-28(11-6-26)34(35,36)37/h2-16,19-21,32H,17-18,22-25H2,1H3/b14-9+. The number of rotatable bonds is 9. The van der Waals surface area contributed by atoms with Crippen molar-refractivity contribution in [1.29, 1.82) is 0 Å². The van der Waals surface area contributed by atoms with E-state index in [-0.39, 0.29) is 11.9 Å². The highest BCUT2D eigenvalue weighted by Gasteiger charge is 2.30. The van der Waals surface area contributed by atoms with Crippen LogP contribution in [0.4, 0.5) is 24.5 Å². The Labute approximate surface area is 250 Å². The number of alkyl halides is 3. The molecule has 1 aliphatic rings. The van der Waals surface area contributed by atoms with E-state index in [9.17, 15) is 18.0 Å². The van der Waals surface area contributed by atoms with Crippen molar-refractivity contribution in [3.05, 3.63) is 126 Å². The van der Waals surface area contributed by atoms with E-state index in [1.54, 1.807) is 24.7 Å². The molecule has 0 atom stereocenters. The van der Waals surface area contributed by atoms with Crippen LogP contribution in [0.5, 0.6) is 0 Å². The van der Waals surface area contributed by atoms with Crippen molar-refractivity contribution in [2.45, 2.75) is 38.1 Å². The lowest BCUT2D eigenvalue weighted by molar-refractivity contribution is -0.137. The molecule has 3 heterocycles. The van der Waals surface area contributed by atoms with Crippen LogP contribution in [0.2, 0.25) is 0 Å². The summed E-state index contributed by atoms with van der Waals surface area (Å²) in [6, 6.07) is 22.8. The minimum absolute atomic E-state index is 0.0314. The summed E-state index contributed by atoms with van der Waals surface area (Å²) < 4.78 is 38.9. The molecule has 0 bridgehead atoms. The van der Waals surface area contributed by atoms with Crippen LogP contribution >= 0.6 is 0 Å². The molecule has 6 nitrogen and oxygen atoms in total. The van der Waals surface area contributed by atoms with Crippen molar-refractivity contribution in [1.82, 2.24) is 19.8 Å². The Morgan fingerprint density at radius 2 is 1.58 bits per heavy atom. The van der Waals surface area contributed by atoms with E-state index in [1.165, 1.54) is 18.2 Å². The van der Waals surface area contributed by atoms with Crippen LogP contribution in [0.1, 0.15) is 35.2 Å². The van der Waals surface area contributed by atoms with E-state index in [2.05, 4.69) is 19.8 Å². The van der Waals surface area contributed by atoms with Gasteiger partial charge in [0.25, 0.3) is 0 Å². The molecule has 0 saturated carbocycles. The summed E-state index contributed by atoms with van der Waals surface area (Å²) in [5, 5.41) is 0. The molecule has 0 radical (unpaired) electrons. The summed E-state index contributed by atoms with van der Waals surface area (Å²) in [4.78, 5) is 28.4. The lowest BCUT2D eigenvalue weighted by Crippen LogP contribution is -2.46. The number of carbonyl (C=O) groups is 1. The molecule has 2 aromatic heterocycles. The second kappa shape index (κ2) is 13.6. The number of halogens is 3. The van der Waals surface area contributed by atoms with E-state index in [0.29, 0.717) is 12.1 Å². The van der Waals surface area contributed by atoms with Crippen LogP contribution in [0.15, 0.2) is 104 Å². The first-order chi connectivity index (χ1) is 20.8. The van der Waals surface area contributed by atoms with E-state index >= 15 is 0 Å². The average Bonchev–Trinajstić information content (AvgIpc) is 3.03. The van der Waals surface area contributed by atoms with Gasteiger partial charge in [0.05, 0.1) is 11.3 Å². The largest absolute Gasteiger partial charge is 0.416 e. The topological polar surface area (TPSA) is 52.6 Å². The van der Waals surface area contributed by atoms with Gasteiger partial charge in [-0.15, -0.1) is 0 Å². The number of aromatic nitrogens is 2. The van der Waals surface area contributed by atoms with Crippen molar-refractivity contribution >= 4 is 23.4 Å². The van der Waals surface area contributed by atoms with Gasteiger partial charge in [-0.3, -0.25) is 19.7 Å². The molecular weight excluding hydrogens is 551 g/mol. The summed E-state index contributed by atoms with van der Waals surface area (Å²) in [5.74, 6) is -0.166. The number of hydrogen-bond acceptors (Lipinski definition) is 5. The van der Waals surface area contributed by atoms with Crippen LogP contribution in [0, 0.1) is 0 Å². The molecule has 0 spiro atoms. The van der Waals surface area contributed by atoms with Crippen molar-refractivity contribution in [2.24, 2.45) is 0 Å². The summed E-state index contributed by atoms with van der Waals surface area (Å²) in [5.41, 5.74) is 3.87. The number of benzene rings is 2. The monoisotopic (exact) mass is 585 g/mol. The molecule has 5 rings (SSSR count). The third-order valence-corrected chi connectivity index (χ3v) is 7.78. The summed E-state index contributed by atoms with van der Waals surface area (Å²) in [6.45, 7) is 2.87. The summed E-state index contributed by atoms with van der Waals surface area (Å²) in [6.07, 6.45) is 5.58. The molecule has 0 unspecified atom stereocenters. The molecular formula is C34H34F3N5O. The quantitative estimate of drug-likeness (QED) is 0.199. The van der Waals surface area contributed by atoms with Crippen molar-refractivity contribution in [3.63, 3.8) is 0 Å². The van der Waals surface area contributed by atoms with Gasteiger partial charge in [0, 0.05) is 75.3 Å². The fraction of sp³-hybridized carbons (Fsp3) is 0.265. The van der Waals surface area contributed by atoms with Gasteiger partial charge in [0.1, 0.15) is 0 Å². The fourth-order valence-corrected chi connectivity index (χ4v) is 5.28. The number of amides is 1. The van der Waals surface area contributed by atoms with Gasteiger partial charge < -0.3 is 9.80 Å². The molecule has 2 aromatic carbocycles. The maximum absolute atomic E-state index is 13.6. The van der Waals surface area contributed by atoms with E-state index in [0.717, 1.165) is 67.2 Å². The molecule has 1 aliphatic heterocycles. The van der Waals surface area contributed by atoms with Gasteiger partial charge in [0.15, 0.2) is 0 Å². The molecule has 1 fully saturated rings. The lowest BCUT2D eigenvalue weighted by atomic mass is 10.0. The molecule has 9 heteroatoms. The van der Waals surface area contributed by atoms with Crippen molar-refractivity contribution in [2.75, 3.05) is 25.0 Å². The molecule has 4 aromatic rings. The highest BCUT2D eigenvalue weighted by atomic mass is 19.4. The Kier molecular flexibility index (Phi) is 9.51. The fourth-order valence-electron chi connectivity index (χ4n) is 5.28. The first kappa shape index (κ1) is 30.0. The first-order valence-corrected chi connectivity index (χ1v) is 14.3. The Bertz CT molecular complexity index is 1490. The smallest absolute Gasteiger partial charge is 0.345 e. The third-order valence-electron chi connectivity index (χ3n) is 7.78. The van der Waals surface area contributed by atoms with Crippen LogP contribution in [0.3, 0.4) is 0 Å². The predicted octanol–water partition coefficient (Wildman–Crippen LogP) is 6.97. The molecule has 1 amide bonds. The average molecular weight is 586 g/mol. The van der Waals surface area contributed by atoms with Gasteiger partial charge in [-0.25, -0.2) is 0 Å². The molecule has 1 saturated heterocycles. The second-order valence-electron chi connectivity index (χ2n) is 10.7. The number of likely N-dealkylation sites (tertiary alicyclic amines) is 1. The van der Waals surface area contributed by atoms with Crippen molar-refractivity contribution < 1.29 is 18.0 Å². The minimum atomic E-state index is -4.40. The SMILES string of the molecule is CN(c1ccncc1)c1ccc(CN(C(=O)/C=C/c2ccc(C(F)(F)F)cc2)C2CCN(Cc3ccccn3)CC2)cc1. The lowest BCUT2D eigenvalue weighted by Gasteiger charge is -2.38. The van der Waals surface area contributed by atoms with E-state index in [4.69, 9.17) is 0 Å². The van der Waals surface area contributed by atoms with Crippen LogP contribution < -0.4 is 4.90 Å². The number of carbonyl (C=O) groups excluding carboxylic acids is 1. The molecule has 222 valence electrons. The maximum Gasteiger partial charge on any atom is 0.416 e. The number of anilines is 2. The van der Waals surface area contributed by atoms with Crippen molar-refractivity contribution in [3.8, 4) is 0 Å². The zero-order valence-corrected chi connectivity index (χ0v) is 24.0. The first-order valence-electron chi connectivity index (χ1n) is 14.3. The van der Waals surface area contributed by atoms with E-state index in [1.807, 2.05) is 66.5 Å². The Morgan fingerprint density at radius 3 is 2.21 bits per heavy atom. The number of pyridine rings is 2. The Balaban J connectivity index is 1.30. The van der Waals surface area contributed by atoms with Gasteiger partial charge in [0.2, 0.25) is 5.91 Å². The molecule has 43 heavy (non-hydrogen) atoms. The highest BCUT2D eigenvalue weighted by Crippen LogP contribution is 2.29. The van der Waals surface area contributed by atoms with Gasteiger partial charge in [-0.2, -0.15) is 13.2 Å². The van der Waals surface area contributed by atoms with Crippen LogP contribution in [0.25, 0.3) is 6.08 Å². The number of hydrogen-bond donors (Lipinski definition) is 0. The zero-order valence-electron chi connectivity index (χ0n) is 24.0. The molecule has 0 aliphatic carbocycles. The summed E-state index contributed by atoms with van der Waals surface area (Å²) in [7, 11) is 1.99. The highest BCUT2D eigenvalue weighted by molar-refractivity contribution is 5.92. The zero-order chi connectivity index (χ0) is 30.2. The Hall–Kier alpha value is -4.50. The van der Waals surface area contributed by atoms with Gasteiger partial charge >= 0.3 is 6.18 Å². The second-order valence-corrected chi connectivity index (χ2v) is 10.7. The van der Waals surface area contributed by atoms with Crippen LogP contribution in [-0.4, -0.2) is 51.9 Å². The Morgan fingerprint density at radius 1 is 0.907 bits per heavy atom. The molecule has 0 N–H and O–H groups in total. The minimum Gasteiger partial charge on any atom is -0.345 e. The van der Waals surface area contributed by atoms with Gasteiger partial charge in [-0.1, -0.05) is 30.3 Å². The normalized spacial score (nSPS) is 14.6.